The molecule has 21 heavy (non-hydrogen) atoms. The van der Waals surface area contributed by atoms with E-state index >= 15 is 0 Å². The van der Waals surface area contributed by atoms with E-state index in [1.54, 1.807) is 0 Å². The van der Waals surface area contributed by atoms with Gasteiger partial charge in [-0.1, -0.05) is 50.0 Å². The van der Waals surface area contributed by atoms with Crippen molar-refractivity contribution < 1.29 is 10.0 Å². The minimum atomic E-state index is -0.958. The van der Waals surface area contributed by atoms with Crippen LogP contribution in [0.25, 0.3) is 0 Å². The van der Waals surface area contributed by atoms with Gasteiger partial charge in [-0.05, 0) is 31.4 Å². The van der Waals surface area contributed by atoms with Crippen molar-refractivity contribution in [2.45, 2.75) is 46.5 Å². The largest absolute Gasteiger partial charge is 0.409 e. The molecule has 0 heterocycles. The zero-order valence-electron chi connectivity index (χ0n) is 13.0. The standard InChI is InChI=1S/C16H25N3O2/c1-4-10-16(11-5-2,14(17)19-21)15(20)18-13-9-7-6-8-12(13)3/h6-9,21H,4-5,10-11H2,1-3H3,(H2,17,19)(H,18,20). The maximum atomic E-state index is 12.8. The van der Waals surface area contributed by atoms with Gasteiger partial charge in [0.15, 0.2) is 5.84 Å². The Morgan fingerprint density at radius 2 is 1.86 bits per heavy atom. The summed E-state index contributed by atoms with van der Waals surface area (Å²) in [6.07, 6.45) is 2.65. The molecule has 0 aliphatic carbocycles. The van der Waals surface area contributed by atoms with Crippen molar-refractivity contribution in [1.82, 2.24) is 0 Å². The average Bonchev–Trinajstić information content (AvgIpc) is 2.48. The molecule has 0 saturated carbocycles. The molecule has 0 saturated heterocycles. The third kappa shape index (κ3) is 3.74. The highest BCUT2D eigenvalue weighted by Gasteiger charge is 2.41. The van der Waals surface area contributed by atoms with Gasteiger partial charge >= 0.3 is 0 Å². The predicted octanol–water partition coefficient (Wildman–Crippen LogP) is 3.27. The SMILES string of the molecule is CCCC(CCC)(C(=O)Nc1ccccc1C)C(N)=NO. The van der Waals surface area contributed by atoms with Crippen molar-refractivity contribution in [3.05, 3.63) is 29.8 Å². The summed E-state index contributed by atoms with van der Waals surface area (Å²) in [5.41, 5.74) is 6.63. The Hall–Kier alpha value is -2.04. The number of amides is 1. The lowest BCUT2D eigenvalue weighted by atomic mass is 9.77. The van der Waals surface area contributed by atoms with Gasteiger partial charge in [0.25, 0.3) is 0 Å². The van der Waals surface area contributed by atoms with Gasteiger partial charge in [-0.25, -0.2) is 0 Å². The van der Waals surface area contributed by atoms with E-state index in [9.17, 15) is 4.79 Å². The van der Waals surface area contributed by atoms with Crippen molar-refractivity contribution in [2.24, 2.45) is 16.3 Å². The molecule has 5 nitrogen and oxygen atoms in total. The Bertz CT molecular complexity index is 506. The number of hydrogen-bond acceptors (Lipinski definition) is 3. The number of amidine groups is 1. The van der Waals surface area contributed by atoms with Crippen molar-refractivity contribution >= 4 is 17.4 Å². The van der Waals surface area contributed by atoms with Gasteiger partial charge in [0, 0.05) is 5.69 Å². The number of nitrogens with one attached hydrogen (secondary N) is 1. The molecule has 5 heteroatoms. The van der Waals surface area contributed by atoms with Crippen LogP contribution in [-0.4, -0.2) is 17.0 Å². The number of hydrogen-bond donors (Lipinski definition) is 3. The fourth-order valence-electron chi connectivity index (χ4n) is 2.63. The molecule has 1 aromatic rings. The maximum absolute atomic E-state index is 12.8. The van der Waals surface area contributed by atoms with E-state index in [1.165, 1.54) is 0 Å². The lowest BCUT2D eigenvalue weighted by molar-refractivity contribution is -0.123. The highest BCUT2D eigenvalue weighted by atomic mass is 16.4. The second kappa shape index (κ2) is 7.67. The summed E-state index contributed by atoms with van der Waals surface area (Å²) in [6, 6.07) is 7.57. The monoisotopic (exact) mass is 291 g/mol. The van der Waals surface area contributed by atoms with Gasteiger partial charge in [0.05, 0.1) is 0 Å². The third-order valence-corrected chi connectivity index (χ3v) is 3.78. The Morgan fingerprint density at radius 3 is 2.33 bits per heavy atom. The molecule has 1 aromatic carbocycles. The number of carbonyl (C=O) groups excluding carboxylic acids is 1. The van der Waals surface area contributed by atoms with Crippen molar-refractivity contribution in [2.75, 3.05) is 5.32 Å². The molecule has 0 unspecified atom stereocenters. The molecule has 0 radical (unpaired) electrons. The highest BCUT2D eigenvalue weighted by molar-refractivity contribution is 6.12. The number of benzene rings is 1. The van der Waals surface area contributed by atoms with Crippen LogP contribution in [0.3, 0.4) is 0 Å². The van der Waals surface area contributed by atoms with Crippen LogP contribution in [0.2, 0.25) is 0 Å². The van der Waals surface area contributed by atoms with E-state index in [4.69, 9.17) is 10.9 Å². The van der Waals surface area contributed by atoms with Crippen LogP contribution in [0.5, 0.6) is 0 Å². The first-order chi connectivity index (χ1) is 10.0. The van der Waals surface area contributed by atoms with Gasteiger partial charge in [0.2, 0.25) is 5.91 Å². The summed E-state index contributed by atoms with van der Waals surface area (Å²) in [7, 11) is 0. The van der Waals surface area contributed by atoms with Crippen molar-refractivity contribution in [3.8, 4) is 0 Å². The van der Waals surface area contributed by atoms with Crippen LogP contribution in [0.4, 0.5) is 5.69 Å². The first kappa shape index (κ1) is 17.0. The van der Waals surface area contributed by atoms with Gasteiger partial charge < -0.3 is 16.3 Å². The van der Waals surface area contributed by atoms with E-state index in [1.807, 2.05) is 45.0 Å². The molecule has 0 aliphatic rings. The Labute approximate surface area is 126 Å². The van der Waals surface area contributed by atoms with E-state index in [0.717, 1.165) is 24.1 Å². The number of aryl methyl sites for hydroxylation is 1. The molecule has 0 spiro atoms. The van der Waals surface area contributed by atoms with E-state index in [0.29, 0.717) is 12.8 Å². The first-order valence-corrected chi connectivity index (χ1v) is 7.37. The fraction of sp³-hybridized carbons (Fsp3) is 0.500. The van der Waals surface area contributed by atoms with Crippen LogP contribution in [-0.2, 0) is 4.79 Å². The van der Waals surface area contributed by atoms with Crippen LogP contribution in [0.1, 0.15) is 45.1 Å². The number of nitrogens with two attached hydrogens (primary N) is 1. The molecular weight excluding hydrogens is 266 g/mol. The summed E-state index contributed by atoms with van der Waals surface area (Å²) in [5, 5.41) is 15.1. The maximum Gasteiger partial charge on any atom is 0.238 e. The second-order valence-electron chi connectivity index (χ2n) is 5.34. The topological polar surface area (TPSA) is 87.7 Å². The van der Waals surface area contributed by atoms with E-state index < -0.39 is 5.41 Å². The zero-order valence-corrected chi connectivity index (χ0v) is 13.0. The smallest absolute Gasteiger partial charge is 0.238 e. The Morgan fingerprint density at radius 1 is 1.29 bits per heavy atom. The normalized spacial score (nSPS) is 12.2. The number of oxime groups is 1. The molecular formula is C16H25N3O2. The summed E-state index contributed by atoms with van der Waals surface area (Å²) in [6.45, 7) is 5.90. The average molecular weight is 291 g/mol. The molecule has 0 fully saturated rings. The van der Waals surface area contributed by atoms with Crippen LogP contribution < -0.4 is 11.1 Å². The van der Waals surface area contributed by atoms with Crippen molar-refractivity contribution in [3.63, 3.8) is 0 Å². The first-order valence-electron chi connectivity index (χ1n) is 7.37. The Balaban J connectivity index is 3.13. The van der Waals surface area contributed by atoms with Crippen LogP contribution in [0, 0.1) is 12.3 Å². The molecule has 1 rings (SSSR count). The fourth-order valence-corrected chi connectivity index (χ4v) is 2.63. The third-order valence-electron chi connectivity index (χ3n) is 3.78. The molecule has 0 aromatic heterocycles. The minimum Gasteiger partial charge on any atom is -0.409 e. The number of para-hydroxylation sites is 1. The predicted molar refractivity (Wildman–Crippen MR) is 85.5 cm³/mol. The second-order valence-corrected chi connectivity index (χ2v) is 5.34. The molecule has 116 valence electrons. The van der Waals surface area contributed by atoms with Gasteiger partial charge in [-0.2, -0.15) is 0 Å². The molecule has 0 aliphatic heterocycles. The highest BCUT2D eigenvalue weighted by Crippen LogP contribution is 2.32. The summed E-state index contributed by atoms with van der Waals surface area (Å²) in [5.74, 6) is -0.229. The van der Waals surface area contributed by atoms with Gasteiger partial charge in [-0.15, -0.1) is 0 Å². The number of carbonyl (C=O) groups is 1. The molecule has 4 N–H and O–H groups in total. The van der Waals surface area contributed by atoms with Crippen LogP contribution >= 0.6 is 0 Å². The summed E-state index contributed by atoms with van der Waals surface area (Å²) >= 11 is 0. The molecule has 0 bridgehead atoms. The van der Waals surface area contributed by atoms with Crippen molar-refractivity contribution in [1.29, 1.82) is 0 Å². The van der Waals surface area contributed by atoms with E-state index in [-0.39, 0.29) is 11.7 Å². The number of nitrogens with zero attached hydrogens (tertiary/aromatic N) is 1. The summed E-state index contributed by atoms with van der Waals surface area (Å²) in [4.78, 5) is 12.8. The minimum absolute atomic E-state index is 0.0164. The summed E-state index contributed by atoms with van der Waals surface area (Å²) < 4.78 is 0. The quantitative estimate of drug-likeness (QED) is 0.312. The number of anilines is 1. The lowest BCUT2D eigenvalue weighted by Gasteiger charge is -2.31. The van der Waals surface area contributed by atoms with E-state index in [2.05, 4.69) is 10.5 Å². The molecule has 0 atom stereocenters. The zero-order chi connectivity index (χ0) is 15.9. The van der Waals surface area contributed by atoms with Gasteiger partial charge in [-0.3, -0.25) is 4.79 Å². The van der Waals surface area contributed by atoms with Gasteiger partial charge in [0.1, 0.15) is 5.41 Å². The molecule has 1 amide bonds. The number of rotatable bonds is 7. The van der Waals surface area contributed by atoms with Crippen LogP contribution in [0.15, 0.2) is 29.4 Å². The lowest BCUT2D eigenvalue weighted by Crippen LogP contribution is -2.47. The Kier molecular flexibility index (Phi) is 6.21.